The summed E-state index contributed by atoms with van der Waals surface area (Å²) in [6.45, 7) is 2.90. The minimum absolute atomic E-state index is 0.126. The summed E-state index contributed by atoms with van der Waals surface area (Å²) in [5.74, 6) is 0.785. The van der Waals surface area contributed by atoms with Crippen LogP contribution in [0.3, 0.4) is 0 Å². The number of hydrogen-bond donors (Lipinski definition) is 2. The maximum Gasteiger partial charge on any atom is 0.220 e. The summed E-state index contributed by atoms with van der Waals surface area (Å²) in [5, 5.41) is 11.7. The second kappa shape index (κ2) is 3.72. The molecule has 2 N–H and O–H groups in total. The molecular weight excluding hydrogens is 142 g/mol. The fourth-order valence-corrected chi connectivity index (χ4v) is 1.58. The lowest BCUT2D eigenvalue weighted by atomic mass is 9.85. The van der Waals surface area contributed by atoms with Gasteiger partial charge in [0, 0.05) is 25.5 Å². The van der Waals surface area contributed by atoms with E-state index in [1.165, 1.54) is 0 Å². The topological polar surface area (TPSA) is 49.3 Å². The van der Waals surface area contributed by atoms with Crippen molar-refractivity contribution in [2.75, 3.05) is 13.2 Å². The first kappa shape index (κ1) is 8.53. The molecular formula is C8H15NO2. The summed E-state index contributed by atoms with van der Waals surface area (Å²) < 4.78 is 0. The Morgan fingerprint density at radius 3 is 2.91 bits per heavy atom. The summed E-state index contributed by atoms with van der Waals surface area (Å²) in [7, 11) is 0. The van der Waals surface area contributed by atoms with Gasteiger partial charge in [0.2, 0.25) is 5.91 Å². The van der Waals surface area contributed by atoms with Gasteiger partial charge in [0.05, 0.1) is 0 Å². The molecule has 1 rings (SSSR count). The largest absolute Gasteiger partial charge is 0.396 e. The van der Waals surface area contributed by atoms with Crippen molar-refractivity contribution in [2.24, 2.45) is 11.8 Å². The quantitative estimate of drug-likeness (QED) is 0.599. The van der Waals surface area contributed by atoms with Gasteiger partial charge in [0.25, 0.3) is 0 Å². The number of hydrogen-bond acceptors (Lipinski definition) is 2. The van der Waals surface area contributed by atoms with Crippen molar-refractivity contribution in [2.45, 2.75) is 19.8 Å². The molecule has 3 nitrogen and oxygen atoms in total. The minimum atomic E-state index is 0.126. The lowest BCUT2D eigenvalue weighted by molar-refractivity contribution is -0.125. The molecule has 1 amide bonds. The molecule has 0 aliphatic carbocycles. The Morgan fingerprint density at radius 1 is 1.64 bits per heavy atom. The van der Waals surface area contributed by atoms with E-state index in [9.17, 15) is 4.79 Å². The second-order valence-electron chi connectivity index (χ2n) is 3.12. The van der Waals surface area contributed by atoms with Gasteiger partial charge < -0.3 is 10.4 Å². The molecule has 0 saturated carbocycles. The van der Waals surface area contributed by atoms with Crippen molar-refractivity contribution in [1.29, 1.82) is 0 Å². The number of carbonyl (C=O) groups excluding carboxylic acids is 1. The predicted octanol–water partition coefficient (Wildman–Crippen LogP) is 0.141. The van der Waals surface area contributed by atoms with E-state index in [1.54, 1.807) is 0 Å². The Labute approximate surface area is 66.8 Å². The van der Waals surface area contributed by atoms with Gasteiger partial charge in [-0.05, 0) is 5.92 Å². The Bertz CT molecular complexity index is 147. The van der Waals surface area contributed by atoms with E-state index in [4.69, 9.17) is 5.11 Å². The monoisotopic (exact) mass is 157 g/mol. The summed E-state index contributed by atoms with van der Waals surface area (Å²) >= 11 is 0. The number of rotatable bonds is 2. The van der Waals surface area contributed by atoms with E-state index < -0.39 is 0 Å². The van der Waals surface area contributed by atoms with Crippen LogP contribution in [0.2, 0.25) is 0 Å². The molecule has 0 aromatic carbocycles. The van der Waals surface area contributed by atoms with Crippen molar-refractivity contribution in [3.05, 3.63) is 0 Å². The molecule has 0 aromatic rings. The highest BCUT2D eigenvalue weighted by atomic mass is 16.3. The van der Waals surface area contributed by atoms with Gasteiger partial charge in [-0.1, -0.05) is 13.3 Å². The first-order valence-electron chi connectivity index (χ1n) is 4.15. The van der Waals surface area contributed by atoms with Gasteiger partial charge in [-0.2, -0.15) is 0 Å². The fourth-order valence-electron chi connectivity index (χ4n) is 1.58. The lowest BCUT2D eigenvalue weighted by Gasteiger charge is -2.29. The third kappa shape index (κ3) is 1.93. The lowest BCUT2D eigenvalue weighted by Crippen LogP contribution is -2.41. The van der Waals surface area contributed by atoms with Crippen molar-refractivity contribution < 1.29 is 9.90 Å². The Balaban J connectivity index is 2.48. The standard InChI is InChI=1S/C8H15NO2/c1-2-6-3-8(11)9-4-7(6)5-10/h6-7,10H,2-5H2,1H3,(H,9,11). The van der Waals surface area contributed by atoms with Gasteiger partial charge in [0.1, 0.15) is 0 Å². The molecule has 0 aromatic heterocycles. The molecule has 2 unspecified atom stereocenters. The molecule has 0 radical (unpaired) electrons. The summed E-state index contributed by atoms with van der Waals surface area (Å²) in [6, 6.07) is 0. The van der Waals surface area contributed by atoms with Crippen LogP contribution in [0.1, 0.15) is 19.8 Å². The SMILES string of the molecule is CCC1CC(=O)NCC1CO. The molecule has 2 atom stereocenters. The number of aliphatic hydroxyl groups excluding tert-OH is 1. The Morgan fingerprint density at radius 2 is 2.36 bits per heavy atom. The van der Waals surface area contributed by atoms with Crippen LogP contribution in [0, 0.1) is 11.8 Å². The molecule has 64 valence electrons. The van der Waals surface area contributed by atoms with Crippen LogP contribution in [-0.2, 0) is 4.79 Å². The number of carbonyl (C=O) groups is 1. The van der Waals surface area contributed by atoms with E-state index in [2.05, 4.69) is 12.2 Å². The molecule has 1 heterocycles. The van der Waals surface area contributed by atoms with Crippen LogP contribution >= 0.6 is 0 Å². The molecule has 11 heavy (non-hydrogen) atoms. The highest BCUT2D eigenvalue weighted by Crippen LogP contribution is 2.21. The summed E-state index contributed by atoms with van der Waals surface area (Å²) in [4.78, 5) is 10.9. The third-order valence-electron chi connectivity index (χ3n) is 2.43. The average molecular weight is 157 g/mol. The first-order valence-corrected chi connectivity index (χ1v) is 4.15. The van der Waals surface area contributed by atoms with Crippen LogP contribution in [0.15, 0.2) is 0 Å². The van der Waals surface area contributed by atoms with Gasteiger partial charge in [0.15, 0.2) is 0 Å². The van der Waals surface area contributed by atoms with E-state index >= 15 is 0 Å². The van der Waals surface area contributed by atoms with E-state index in [1.807, 2.05) is 0 Å². The molecule has 0 bridgehead atoms. The number of aliphatic hydroxyl groups is 1. The molecule has 1 aliphatic rings. The van der Waals surface area contributed by atoms with E-state index in [-0.39, 0.29) is 18.4 Å². The maximum absolute atomic E-state index is 10.9. The van der Waals surface area contributed by atoms with Crippen LogP contribution in [-0.4, -0.2) is 24.2 Å². The smallest absolute Gasteiger partial charge is 0.220 e. The fraction of sp³-hybridized carbons (Fsp3) is 0.875. The maximum atomic E-state index is 10.9. The van der Waals surface area contributed by atoms with Crippen LogP contribution in [0.25, 0.3) is 0 Å². The Kier molecular flexibility index (Phi) is 2.88. The highest BCUT2D eigenvalue weighted by molar-refractivity contribution is 5.76. The number of piperidine rings is 1. The summed E-state index contributed by atoms with van der Waals surface area (Å²) in [5.41, 5.74) is 0. The zero-order valence-electron chi connectivity index (χ0n) is 6.84. The minimum Gasteiger partial charge on any atom is -0.396 e. The van der Waals surface area contributed by atoms with Gasteiger partial charge in [-0.3, -0.25) is 4.79 Å². The van der Waals surface area contributed by atoms with Crippen molar-refractivity contribution in [1.82, 2.24) is 5.32 Å². The van der Waals surface area contributed by atoms with Crippen molar-refractivity contribution in [3.63, 3.8) is 0 Å². The normalized spacial score (nSPS) is 31.6. The second-order valence-corrected chi connectivity index (χ2v) is 3.12. The third-order valence-corrected chi connectivity index (χ3v) is 2.43. The molecule has 0 spiro atoms. The van der Waals surface area contributed by atoms with Crippen LogP contribution in [0.5, 0.6) is 0 Å². The zero-order valence-corrected chi connectivity index (χ0v) is 6.84. The van der Waals surface area contributed by atoms with Crippen LogP contribution in [0.4, 0.5) is 0 Å². The molecule has 1 saturated heterocycles. The summed E-state index contributed by atoms with van der Waals surface area (Å²) in [6.07, 6.45) is 1.57. The molecule has 3 heteroatoms. The first-order chi connectivity index (χ1) is 5.27. The van der Waals surface area contributed by atoms with Gasteiger partial charge in [-0.15, -0.1) is 0 Å². The average Bonchev–Trinajstić information content (AvgIpc) is 2.04. The Hall–Kier alpha value is -0.570. The molecule has 1 aliphatic heterocycles. The van der Waals surface area contributed by atoms with Crippen LogP contribution < -0.4 is 5.32 Å². The van der Waals surface area contributed by atoms with Gasteiger partial charge in [-0.25, -0.2) is 0 Å². The highest BCUT2D eigenvalue weighted by Gasteiger charge is 2.26. The zero-order chi connectivity index (χ0) is 8.27. The molecule has 1 fully saturated rings. The number of nitrogens with one attached hydrogen (secondary N) is 1. The van der Waals surface area contributed by atoms with Crippen molar-refractivity contribution >= 4 is 5.91 Å². The predicted molar refractivity (Wildman–Crippen MR) is 42.0 cm³/mol. The van der Waals surface area contributed by atoms with E-state index in [0.29, 0.717) is 18.9 Å². The van der Waals surface area contributed by atoms with Crippen molar-refractivity contribution in [3.8, 4) is 0 Å². The number of amides is 1. The van der Waals surface area contributed by atoms with Gasteiger partial charge >= 0.3 is 0 Å². The van der Waals surface area contributed by atoms with E-state index in [0.717, 1.165) is 6.42 Å².